The maximum Gasteiger partial charge on any atom is 0.490 e. The number of nitriles is 1. The number of ether oxygens (including phenoxy) is 1. The number of nitrogens with one attached hydrogen (secondary N) is 2. The average Bonchev–Trinajstić information content (AvgIpc) is 3.30. The van der Waals surface area contributed by atoms with Gasteiger partial charge in [0.05, 0.1) is 18.0 Å². The van der Waals surface area contributed by atoms with Gasteiger partial charge in [0.15, 0.2) is 0 Å². The summed E-state index contributed by atoms with van der Waals surface area (Å²) in [6.07, 6.45) is -3.97. The van der Waals surface area contributed by atoms with E-state index in [-0.39, 0.29) is 17.2 Å². The van der Waals surface area contributed by atoms with Gasteiger partial charge < -0.3 is 45.2 Å². The van der Waals surface area contributed by atoms with Crippen LogP contribution in [0, 0.1) is 16.7 Å². The van der Waals surface area contributed by atoms with Gasteiger partial charge in [-0.2, -0.15) is 13.9 Å². The van der Waals surface area contributed by atoms with Gasteiger partial charge >= 0.3 is 23.5 Å². The first-order chi connectivity index (χ1) is 16.5. The van der Waals surface area contributed by atoms with E-state index >= 15 is 0 Å². The molecule has 0 spiro atoms. The second-order valence-corrected chi connectivity index (χ2v) is 11.1. The van der Waals surface area contributed by atoms with Gasteiger partial charge in [0.1, 0.15) is 30.5 Å². The van der Waals surface area contributed by atoms with E-state index in [1.54, 1.807) is 6.07 Å². The SMILES string of the molecule is N#C[C@@]1(c2ccc(C(N)=NC=N)[nH]2)O[C@@](COP(=O)(O)OP(=O)(O)OP(=O)(O)O)(N=[N+]=[N-])[C@@H](O)[C@H]1O. The van der Waals surface area contributed by atoms with Gasteiger partial charge in [0, 0.05) is 4.91 Å². The number of aromatic amines is 1. The van der Waals surface area contributed by atoms with Crippen LogP contribution in [-0.4, -0.2) is 71.5 Å². The summed E-state index contributed by atoms with van der Waals surface area (Å²) in [5, 5.41) is 40.9. The molecule has 0 aliphatic carbocycles. The standard InChI is InChI=1S/C12H17N8O13P3/c13-3-11(7-2-1-6(18-7)10(15)17-5-14)8(21)9(22)12(31-11,19-20-16)4-30-35(26,27)33-36(28,29)32-34(23,24)25/h1-2,5,8-9,18,21-22H,4H2,(H,26,27)(H,28,29)(H3,14,15,17)(H2,23,24,25)/t8-,9+,11+,12-/m1/s1. The van der Waals surface area contributed by atoms with Gasteiger partial charge in [-0.05, 0) is 17.7 Å². The van der Waals surface area contributed by atoms with Gasteiger partial charge in [0.2, 0.25) is 11.3 Å². The minimum atomic E-state index is -5.91. The first-order valence-corrected chi connectivity index (χ1v) is 13.3. The molecule has 36 heavy (non-hydrogen) atoms. The molecule has 24 heteroatoms. The molecule has 0 aromatic carbocycles. The number of hydrogen-bond donors (Lipinski definition) is 9. The van der Waals surface area contributed by atoms with Crippen LogP contribution in [0.4, 0.5) is 0 Å². The zero-order chi connectivity index (χ0) is 27.6. The highest BCUT2D eigenvalue weighted by atomic mass is 31.3. The number of H-pyrrole nitrogens is 1. The number of nitrogens with two attached hydrogens (primary N) is 1. The monoisotopic (exact) mass is 574 g/mol. The maximum absolute atomic E-state index is 12.0. The molecule has 0 radical (unpaired) electrons. The number of aliphatic hydroxyl groups excluding tert-OH is 2. The molecule has 1 aliphatic rings. The molecule has 1 aromatic heterocycles. The largest absolute Gasteiger partial charge is 0.490 e. The average molecular weight is 574 g/mol. The molecule has 1 saturated heterocycles. The molecule has 1 aromatic rings. The molecule has 6 atom stereocenters. The summed E-state index contributed by atoms with van der Waals surface area (Å²) in [6, 6.07) is 3.95. The van der Waals surface area contributed by atoms with Crippen molar-refractivity contribution < 1.29 is 61.4 Å². The van der Waals surface area contributed by atoms with Crippen LogP contribution in [-0.2, 0) is 37.2 Å². The first kappa shape index (κ1) is 29.7. The van der Waals surface area contributed by atoms with Crippen LogP contribution in [0.1, 0.15) is 11.4 Å². The highest BCUT2D eigenvalue weighted by Crippen LogP contribution is 2.66. The number of azide groups is 1. The Balaban J connectivity index is 2.40. The van der Waals surface area contributed by atoms with Crippen LogP contribution < -0.4 is 5.73 Å². The number of rotatable bonds is 11. The Morgan fingerprint density at radius 3 is 2.44 bits per heavy atom. The van der Waals surface area contributed by atoms with Crippen molar-refractivity contribution in [3.05, 3.63) is 34.0 Å². The van der Waals surface area contributed by atoms with Crippen LogP contribution in [0.25, 0.3) is 10.4 Å². The van der Waals surface area contributed by atoms with E-state index in [0.717, 1.165) is 6.07 Å². The fourth-order valence-corrected chi connectivity index (χ4v) is 5.95. The van der Waals surface area contributed by atoms with Crippen LogP contribution >= 0.6 is 23.5 Å². The van der Waals surface area contributed by atoms with E-state index < -0.39 is 53.6 Å². The molecule has 198 valence electrons. The Morgan fingerprint density at radius 2 is 1.92 bits per heavy atom. The van der Waals surface area contributed by atoms with Crippen molar-refractivity contribution in [3.63, 3.8) is 0 Å². The minimum Gasteiger partial charge on any atom is -0.387 e. The zero-order valence-corrected chi connectivity index (χ0v) is 20.0. The predicted octanol–water partition coefficient (Wildman–Crippen LogP) is -0.852. The van der Waals surface area contributed by atoms with E-state index in [9.17, 15) is 39.0 Å². The third kappa shape index (κ3) is 6.44. The number of aromatic nitrogens is 1. The summed E-state index contributed by atoms with van der Waals surface area (Å²) in [5.41, 5.74) is 8.87. The number of nitrogens with zero attached hydrogens (tertiary/aromatic N) is 5. The Labute approximate surface area is 199 Å². The molecule has 21 nitrogen and oxygen atoms in total. The fourth-order valence-electron chi connectivity index (χ4n) is 2.91. The quantitative estimate of drug-likeness (QED) is 0.0388. The fraction of sp³-hybridized carbons (Fsp3) is 0.417. The summed E-state index contributed by atoms with van der Waals surface area (Å²) in [7, 11) is -17.4. The second-order valence-electron chi connectivity index (χ2n) is 6.67. The third-order valence-electron chi connectivity index (χ3n) is 4.31. The number of aliphatic hydroxyl groups is 2. The highest BCUT2D eigenvalue weighted by molar-refractivity contribution is 7.66. The number of phosphoric ester groups is 1. The van der Waals surface area contributed by atoms with E-state index in [2.05, 4.69) is 33.1 Å². The van der Waals surface area contributed by atoms with Crippen molar-refractivity contribution in [1.82, 2.24) is 4.98 Å². The molecule has 0 bridgehead atoms. The van der Waals surface area contributed by atoms with E-state index in [0.29, 0.717) is 6.34 Å². The van der Waals surface area contributed by atoms with Gasteiger partial charge in [-0.1, -0.05) is 5.11 Å². The molecule has 2 unspecified atom stereocenters. The molecule has 0 saturated carbocycles. The summed E-state index contributed by atoms with van der Waals surface area (Å²) in [4.78, 5) is 44.4. The number of aliphatic imine (C=N–C) groups is 1. The third-order valence-corrected chi connectivity index (χ3v) is 8.09. The lowest BCUT2D eigenvalue weighted by Crippen LogP contribution is -2.45. The minimum absolute atomic E-state index is 0.0305. The Bertz CT molecular complexity index is 1280. The van der Waals surface area contributed by atoms with Crippen molar-refractivity contribution in [2.75, 3.05) is 6.61 Å². The lowest BCUT2D eigenvalue weighted by Gasteiger charge is -2.28. The van der Waals surface area contributed by atoms with Crippen molar-refractivity contribution in [2.45, 2.75) is 23.5 Å². The number of amidine groups is 1. The predicted molar refractivity (Wildman–Crippen MR) is 112 cm³/mol. The molecular formula is C12H17N8O13P3. The second kappa shape index (κ2) is 10.5. The van der Waals surface area contributed by atoms with Crippen LogP contribution in [0.5, 0.6) is 0 Å². The lowest BCUT2D eigenvalue weighted by molar-refractivity contribution is -0.128. The Morgan fingerprint density at radius 1 is 1.28 bits per heavy atom. The van der Waals surface area contributed by atoms with Crippen LogP contribution in [0.2, 0.25) is 0 Å². The molecule has 1 fully saturated rings. The highest BCUT2D eigenvalue weighted by Gasteiger charge is 2.65. The molecule has 2 heterocycles. The molecule has 0 amide bonds. The van der Waals surface area contributed by atoms with E-state index in [1.165, 1.54) is 6.07 Å². The van der Waals surface area contributed by atoms with Crippen molar-refractivity contribution in [2.24, 2.45) is 15.8 Å². The molecule has 10 N–H and O–H groups in total. The number of phosphoric acid groups is 3. The lowest BCUT2D eigenvalue weighted by atomic mass is 9.92. The summed E-state index contributed by atoms with van der Waals surface area (Å²) >= 11 is 0. The summed E-state index contributed by atoms with van der Waals surface area (Å²) in [6.45, 7) is -1.52. The van der Waals surface area contributed by atoms with Gasteiger partial charge in [-0.3, -0.25) is 9.93 Å². The summed E-state index contributed by atoms with van der Waals surface area (Å²) < 4.78 is 51.0. The van der Waals surface area contributed by atoms with Crippen molar-refractivity contribution >= 4 is 35.6 Å². The van der Waals surface area contributed by atoms with Gasteiger partial charge in [0.25, 0.3) is 0 Å². The normalized spacial score (nSPS) is 30.0. The summed E-state index contributed by atoms with van der Waals surface area (Å²) in [5.74, 6) is -0.230. The van der Waals surface area contributed by atoms with Gasteiger partial charge in [-0.25, -0.2) is 18.7 Å². The van der Waals surface area contributed by atoms with Crippen molar-refractivity contribution in [3.8, 4) is 6.07 Å². The Kier molecular flexibility index (Phi) is 8.65. The van der Waals surface area contributed by atoms with E-state index in [4.69, 9.17) is 31.2 Å². The Hall–Kier alpha value is -2.49. The van der Waals surface area contributed by atoms with Gasteiger partial charge in [-0.15, -0.1) is 0 Å². The first-order valence-electron chi connectivity index (χ1n) is 8.81. The molecule has 1 aliphatic heterocycles. The van der Waals surface area contributed by atoms with Crippen molar-refractivity contribution in [1.29, 1.82) is 10.7 Å². The topological polar surface area (TPSA) is 360 Å². The van der Waals surface area contributed by atoms with Crippen LogP contribution in [0.15, 0.2) is 22.2 Å². The van der Waals surface area contributed by atoms with Crippen LogP contribution in [0.3, 0.4) is 0 Å². The van der Waals surface area contributed by atoms with E-state index in [1.807, 2.05) is 0 Å². The molecular weight excluding hydrogens is 557 g/mol. The number of hydrogen-bond acceptors (Lipinski definition) is 12. The molecule has 2 rings (SSSR count). The zero-order valence-electron chi connectivity index (χ0n) is 17.3. The smallest absolute Gasteiger partial charge is 0.387 e. The maximum atomic E-state index is 12.0.